The average Bonchev–Trinajstić information content (AvgIpc) is 3.05. The number of hydrogen-bond donors (Lipinski definition) is 5. The van der Waals surface area contributed by atoms with Gasteiger partial charge in [-0.05, 0) is 30.8 Å². The van der Waals surface area contributed by atoms with Crippen molar-refractivity contribution in [3.8, 4) is 0 Å². The van der Waals surface area contributed by atoms with Gasteiger partial charge in [0.15, 0.2) is 6.29 Å². The van der Waals surface area contributed by atoms with Gasteiger partial charge in [-0.15, -0.1) is 0 Å². The molecule has 7 nitrogen and oxygen atoms in total. The number of hydrogen-bond acceptors (Lipinski definition) is 7. The van der Waals surface area contributed by atoms with Crippen molar-refractivity contribution in [1.82, 2.24) is 0 Å². The maximum atomic E-state index is 10.8. The third-order valence-corrected chi connectivity index (χ3v) is 9.95. The van der Waals surface area contributed by atoms with Crippen LogP contribution in [0.3, 0.4) is 0 Å². The van der Waals surface area contributed by atoms with Crippen LogP contribution >= 0.6 is 0 Å². The molecule has 1 fully saturated rings. The lowest BCUT2D eigenvalue weighted by molar-refractivity contribution is -0.299. The third-order valence-electron chi connectivity index (χ3n) is 9.95. The van der Waals surface area contributed by atoms with E-state index in [2.05, 4.69) is 20.8 Å². The Morgan fingerprint density at radius 3 is 1.63 bits per heavy atom. The van der Waals surface area contributed by atoms with Gasteiger partial charge in [0.25, 0.3) is 0 Å². The van der Waals surface area contributed by atoms with Gasteiger partial charge in [-0.2, -0.15) is 0 Å². The maximum absolute atomic E-state index is 10.8. The molecule has 5 N–H and O–H groups in total. The molecule has 0 aromatic rings. The largest absolute Gasteiger partial charge is 0.394 e. The monoisotopic (exact) mass is 657 g/mol. The quantitative estimate of drug-likeness (QED) is 0.0375. The Morgan fingerprint density at radius 2 is 1.13 bits per heavy atom. The normalized spacial score (nSPS) is 23.6. The van der Waals surface area contributed by atoms with E-state index in [0.29, 0.717) is 0 Å². The molecule has 0 aliphatic carbocycles. The van der Waals surface area contributed by atoms with E-state index in [4.69, 9.17) is 9.47 Å². The average molecular weight is 657 g/mol. The maximum Gasteiger partial charge on any atom is 0.187 e. The molecular weight excluding hydrogens is 580 g/mol. The Labute approximate surface area is 283 Å². The molecule has 0 radical (unpaired) electrons. The molecule has 7 atom stereocenters. The fraction of sp³-hybridized carbons (Fsp3) is 0.949. The summed E-state index contributed by atoms with van der Waals surface area (Å²) in [5, 5.41) is 50.9. The van der Waals surface area contributed by atoms with Gasteiger partial charge in [-0.25, -0.2) is 0 Å². The van der Waals surface area contributed by atoms with Gasteiger partial charge in [0.2, 0.25) is 0 Å². The lowest BCUT2D eigenvalue weighted by atomic mass is 9.99. The molecular formula is C39H76O7. The lowest BCUT2D eigenvalue weighted by Crippen LogP contribution is -2.59. The first kappa shape index (κ1) is 43.5. The fourth-order valence-electron chi connectivity index (χ4n) is 6.43. The predicted molar refractivity (Wildman–Crippen MR) is 190 cm³/mol. The molecule has 274 valence electrons. The highest BCUT2D eigenvalue weighted by atomic mass is 16.7. The number of unbranched alkanes of at least 4 members (excludes halogenated alkanes) is 19. The fourth-order valence-corrected chi connectivity index (χ4v) is 6.43. The molecule has 0 saturated carbocycles. The Bertz CT molecular complexity index is 700. The van der Waals surface area contributed by atoms with Gasteiger partial charge >= 0.3 is 0 Å². The Balaban J connectivity index is 2.39. The van der Waals surface area contributed by atoms with Crippen molar-refractivity contribution in [1.29, 1.82) is 0 Å². The van der Waals surface area contributed by atoms with Crippen LogP contribution in [-0.4, -0.2) is 75.6 Å². The molecule has 7 heteroatoms. The molecule has 0 aromatic carbocycles. The van der Waals surface area contributed by atoms with E-state index in [-0.39, 0.29) is 6.61 Å². The second-order valence-corrected chi connectivity index (χ2v) is 14.3. The highest BCUT2D eigenvalue weighted by Gasteiger charge is 2.44. The minimum absolute atomic E-state index is 0.162. The van der Waals surface area contributed by atoms with E-state index in [9.17, 15) is 25.5 Å². The number of aliphatic hydroxyl groups excluding tert-OH is 5. The highest BCUT2D eigenvalue weighted by Crippen LogP contribution is 2.24. The minimum atomic E-state index is -1.46. The van der Waals surface area contributed by atoms with Crippen LogP contribution in [0, 0.1) is 5.92 Å². The van der Waals surface area contributed by atoms with Crippen molar-refractivity contribution in [2.45, 2.75) is 218 Å². The molecule has 0 bridgehead atoms. The summed E-state index contributed by atoms with van der Waals surface area (Å²) in [5.41, 5.74) is 0.963. The number of rotatable bonds is 31. The summed E-state index contributed by atoms with van der Waals surface area (Å²) in [6, 6.07) is 0. The summed E-state index contributed by atoms with van der Waals surface area (Å²) >= 11 is 0. The highest BCUT2D eigenvalue weighted by molar-refractivity contribution is 5.06. The van der Waals surface area contributed by atoms with Crippen molar-refractivity contribution in [2.75, 3.05) is 13.2 Å². The Kier molecular flexibility index (Phi) is 27.8. The predicted octanol–water partition coefficient (Wildman–Crippen LogP) is 8.52. The second kappa shape index (κ2) is 29.4. The first-order chi connectivity index (χ1) is 22.3. The summed E-state index contributed by atoms with van der Waals surface area (Å²) in [4.78, 5) is 0. The van der Waals surface area contributed by atoms with Gasteiger partial charge in [0.05, 0.1) is 19.3 Å². The molecule has 0 spiro atoms. The standard InChI is InChI=1S/C39H76O7/c1-4-6-7-8-9-10-11-12-15-18-21-24-27-33(31-45-39-38(44)37(43)36(42)35(30-40)46-39)29-34(41)28-25-22-19-16-13-14-17-20-23-26-32(3)5-2/h29,32,34-44H,4-28,30-31H2,1-3H3/b33-29+/t32-,34+,35-,36-,37+,38-,39-/m1/s1. The first-order valence-corrected chi connectivity index (χ1v) is 19.6. The van der Waals surface area contributed by atoms with Gasteiger partial charge in [0.1, 0.15) is 24.4 Å². The van der Waals surface area contributed by atoms with E-state index in [1.165, 1.54) is 122 Å². The second-order valence-electron chi connectivity index (χ2n) is 14.3. The summed E-state index contributed by atoms with van der Waals surface area (Å²) in [6.07, 6.45) is 25.8. The van der Waals surface area contributed by atoms with Crippen LogP contribution in [0.1, 0.15) is 181 Å². The number of ether oxygens (including phenoxy) is 2. The Hall–Kier alpha value is -0.540. The van der Waals surface area contributed by atoms with Gasteiger partial charge in [-0.3, -0.25) is 0 Å². The molecule has 0 unspecified atom stereocenters. The SMILES string of the molecule is CCCCCCCCCCCCCC/C(=C\[C@@H](O)CCCCCCCCCCC[C@H](C)CC)CO[C@@H]1O[C@H](CO)[C@@H](O)[C@H](O)[C@H]1O. The van der Waals surface area contributed by atoms with E-state index >= 15 is 0 Å². The molecule has 0 amide bonds. The lowest BCUT2D eigenvalue weighted by Gasteiger charge is -2.39. The van der Waals surface area contributed by atoms with Gasteiger partial charge < -0.3 is 35.0 Å². The summed E-state index contributed by atoms with van der Waals surface area (Å²) in [5.74, 6) is 0.866. The molecule has 0 aromatic heterocycles. The third kappa shape index (κ3) is 21.4. The van der Waals surface area contributed by atoms with Crippen molar-refractivity contribution in [2.24, 2.45) is 5.92 Å². The number of aliphatic hydroxyl groups is 5. The van der Waals surface area contributed by atoms with Gasteiger partial charge in [0, 0.05) is 0 Å². The molecule has 1 heterocycles. The summed E-state index contributed by atoms with van der Waals surface area (Å²) < 4.78 is 11.4. The zero-order chi connectivity index (χ0) is 33.8. The van der Waals surface area contributed by atoms with E-state index in [0.717, 1.165) is 50.0 Å². The zero-order valence-electron chi connectivity index (χ0n) is 30.3. The molecule has 1 aliphatic heterocycles. The minimum Gasteiger partial charge on any atom is -0.394 e. The van der Waals surface area contributed by atoms with Gasteiger partial charge in [-0.1, -0.05) is 168 Å². The summed E-state index contributed by atoms with van der Waals surface area (Å²) in [7, 11) is 0. The molecule has 1 saturated heterocycles. The van der Waals surface area contributed by atoms with Crippen molar-refractivity contribution in [3.05, 3.63) is 11.6 Å². The van der Waals surface area contributed by atoms with Crippen LogP contribution in [0.4, 0.5) is 0 Å². The van der Waals surface area contributed by atoms with E-state index in [1.54, 1.807) is 0 Å². The van der Waals surface area contributed by atoms with Crippen LogP contribution in [-0.2, 0) is 9.47 Å². The van der Waals surface area contributed by atoms with Crippen LogP contribution in [0.2, 0.25) is 0 Å². The zero-order valence-corrected chi connectivity index (χ0v) is 30.3. The van der Waals surface area contributed by atoms with E-state index in [1.807, 2.05) is 6.08 Å². The molecule has 46 heavy (non-hydrogen) atoms. The summed E-state index contributed by atoms with van der Waals surface area (Å²) in [6.45, 7) is 6.57. The van der Waals surface area contributed by atoms with E-state index < -0.39 is 43.4 Å². The molecule has 1 aliphatic rings. The van der Waals surface area contributed by atoms with Crippen LogP contribution in [0.25, 0.3) is 0 Å². The van der Waals surface area contributed by atoms with Crippen molar-refractivity contribution >= 4 is 0 Å². The molecule has 1 rings (SSSR count). The Morgan fingerprint density at radius 1 is 0.652 bits per heavy atom. The van der Waals surface area contributed by atoms with Crippen LogP contribution < -0.4 is 0 Å². The van der Waals surface area contributed by atoms with Crippen molar-refractivity contribution in [3.63, 3.8) is 0 Å². The smallest absolute Gasteiger partial charge is 0.187 e. The topological polar surface area (TPSA) is 120 Å². The first-order valence-electron chi connectivity index (χ1n) is 19.6. The van der Waals surface area contributed by atoms with Crippen LogP contribution in [0.5, 0.6) is 0 Å². The van der Waals surface area contributed by atoms with Crippen molar-refractivity contribution < 1.29 is 35.0 Å². The van der Waals surface area contributed by atoms with Crippen LogP contribution in [0.15, 0.2) is 11.6 Å².